The van der Waals surface area contributed by atoms with Gasteiger partial charge in [-0.2, -0.15) is 0 Å². The largest absolute Gasteiger partial charge is 0.337 e. The Morgan fingerprint density at radius 3 is 2.52 bits per heavy atom. The van der Waals surface area contributed by atoms with Gasteiger partial charge in [0.2, 0.25) is 0 Å². The van der Waals surface area contributed by atoms with Crippen LogP contribution in [0, 0.1) is 20.8 Å². The number of aryl methyl sites for hydroxylation is 2. The van der Waals surface area contributed by atoms with Gasteiger partial charge in [-0.3, -0.25) is 4.79 Å². The SMILES string of the molecule is Cc1ccccc1-n1c(C)cc(C(=O)N2CC[C@@H](N)C2)c1C.Cl. The molecule has 0 aliphatic carbocycles. The van der Waals surface area contributed by atoms with E-state index in [9.17, 15) is 4.79 Å². The van der Waals surface area contributed by atoms with Crippen LogP contribution in [-0.2, 0) is 0 Å². The summed E-state index contributed by atoms with van der Waals surface area (Å²) < 4.78 is 2.17. The molecule has 1 aliphatic rings. The van der Waals surface area contributed by atoms with Crippen molar-refractivity contribution in [3.05, 3.63) is 52.8 Å². The van der Waals surface area contributed by atoms with Crippen molar-refractivity contribution < 1.29 is 4.79 Å². The Morgan fingerprint density at radius 2 is 1.91 bits per heavy atom. The lowest BCUT2D eigenvalue weighted by atomic mass is 10.2. The number of para-hydroxylation sites is 1. The molecular formula is C18H24ClN3O. The fourth-order valence-corrected chi connectivity index (χ4v) is 3.31. The molecule has 4 nitrogen and oxygen atoms in total. The quantitative estimate of drug-likeness (QED) is 0.918. The highest BCUT2D eigenvalue weighted by Crippen LogP contribution is 2.25. The number of nitrogens with zero attached hydrogens (tertiary/aromatic N) is 2. The topological polar surface area (TPSA) is 51.3 Å². The van der Waals surface area contributed by atoms with E-state index in [0.29, 0.717) is 6.54 Å². The summed E-state index contributed by atoms with van der Waals surface area (Å²) in [4.78, 5) is 14.6. The molecule has 1 aromatic carbocycles. The fourth-order valence-electron chi connectivity index (χ4n) is 3.31. The lowest BCUT2D eigenvalue weighted by Crippen LogP contribution is -2.32. The van der Waals surface area contributed by atoms with Crippen LogP contribution in [0.1, 0.15) is 33.7 Å². The predicted molar refractivity (Wildman–Crippen MR) is 95.7 cm³/mol. The third kappa shape index (κ3) is 3.14. The summed E-state index contributed by atoms with van der Waals surface area (Å²) in [6.07, 6.45) is 0.891. The Kier molecular flexibility index (Phi) is 5.17. The van der Waals surface area contributed by atoms with Crippen LogP contribution in [0.25, 0.3) is 5.69 Å². The van der Waals surface area contributed by atoms with Gasteiger partial charge in [0.05, 0.1) is 5.56 Å². The van der Waals surface area contributed by atoms with E-state index in [-0.39, 0.29) is 24.4 Å². The number of rotatable bonds is 2. The first-order chi connectivity index (χ1) is 10.5. The second-order valence-electron chi connectivity index (χ2n) is 6.21. The van der Waals surface area contributed by atoms with E-state index in [4.69, 9.17) is 5.73 Å². The monoisotopic (exact) mass is 333 g/mol. The summed E-state index contributed by atoms with van der Waals surface area (Å²) in [5.41, 5.74) is 11.1. The van der Waals surface area contributed by atoms with Crippen LogP contribution in [0.5, 0.6) is 0 Å². The van der Waals surface area contributed by atoms with Gasteiger partial charge in [-0.15, -0.1) is 12.4 Å². The van der Waals surface area contributed by atoms with Gasteiger partial charge >= 0.3 is 0 Å². The summed E-state index contributed by atoms with van der Waals surface area (Å²) in [6, 6.07) is 10.4. The molecular weight excluding hydrogens is 310 g/mol. The molecule has 2 aromatic rings. The average molecular weight is 334 g/mol. The highest BCUT2D eigenvalue weighted by Gasteiger charge is 2.27. The Hall–Kier alpha value is -1.78. The first-order valence-electron chi connectivity index (χ1n) is 7.79. The maximum atomic E-state index is 12.8. The van der Waals surface area contributed by atoms with Gasteiger partial charge in [0.15, 0.2) is 0 Å². The highest BCUT2D eigenvalue weighted by atomic mass is 35.5. The third-order valence-electron chi connectivity index (χ3n) is 4.53. The Bertz CT molecular complexity index is 723. The molecule has 1 atom stereocenters. The van der Waals surface area contributed by atoms with Crippen molar-refractivity contribution in [3.8, 4) is 5.69 Å². The lowest BCUT2D eigenvalue weighted by molar-refractivity contribution is 0.0790. The van der Waals surface area contributed by atoms with Crippen LogP contribution < -0.4 is 5.73 Å². The number of carbonyl (C=O) groups excluding carboxylic acids is 1. The van der Waals surface area contributed by atoms with Gasteiger partial charge in [0, 0.05) is 36.2 Å². The van der Waals surface area contributed by atoms with Crippen LogP contribution in [0.2, 0.25) is 0 Å². The van der Waals surface area contributed by atoms with Crippen LogP contribution in [0.3, 0.4) is 0 Å². The van der Waals surface area contributed by atoms with Crippen molar-refractivity contribution in [3.63, 3.8) is 0 Å². The number of amides is 1. The van der Waals surface area contributed by atoms with E-state index < -0.39 is 0 Å². The van der Waals surface area contributed by atoms with E-state index in [1.807, 2.05) is 36.9 Å². The fraction of sp³-hybridized carbons (Fsp3) is 0.389. The van der Waals surface area contributed by atoms with Crippen LogP contribution in [-0.4, -0.2) is 34.5 Å². The molecule has 1 fully saturated rings. The lowest BCUT2D eigenvalue weighted by Gasteiger charge is -2.16. The normalized spacial score (nSPS) is 17.2. The Morgan fingerprint density at radius 1 is 1.22 bits per heavy atom. The standard InChI is InChI=1S/C18H23N3O.ClH/c1-12-6-4-5-7-17(12)21-13(2)10-16(14(21)3)18(22)20-9-8-15(19)11-20;/h4-7,10,15H,8-9,11,19H2,1-3H3;1H/t15-;/m1./s1. The molecule has 1 aliphatic heterocycles. The minimum absolute atomic E-state index is 0. The highest BCUT2D eigenvalue weighted by molar-refractivity contribution is 5.96. The third-order valence-corrected chi connectivity index (χ3v) is 4.53. The van der Waals surface area contributed by atoms with Gasteiger partial charge in [-0.25, -0.2) is 0 Å². The number of halogens is 1. The van der Waals surface area contributed by atoms with E-state index in [0.717, 1.165) is 35.6 Å². The average Bonchev–Trinajstić information content (AvgIpc) is 3.04. The van der Waals surface area contributed by atoms with E-state index in [2.05, 4.69) is 23.6 Å². The minimum atomic E-state index is 0. The molecule has 0 unspecified atom stereocenters. The molecule has 124 valence electrons. The number of nitrogens with two attached hydrogens (primary N) is 1. The predicted octanol–water partition coefficient (Wildman–Crippen LogP) is 3.00. The number of carbonyl (C=O) groups is 1. The Labute approximate surface area is 143 Å². The zero-order valence-corrected chi connectivity index (χ0v) is 14.7. The van der Waals surface area contributed by atoms with E-state index in [1.54, 1.807) is 0 Å². The van der Waals surface area contributed by atoms with Gasteiger partial charge in [-0.05, 0) is 44.9 Å². The molecule has 23 heavy (non-hydrogen) atoms. The maximum Gasteiger partial charge on any atom is 0.255 e. The van der Waals surface area contributed by atoms with Crippen molar-refractivity contribution in [1.29, 1.82) is 0 Å². The second kappa shape index (κ2) is 6.77. The van der Waals surface area contributed by atoms with Crippen molar-refractivity contribution >= 4 is 18.3 Å². The summed E-state index contributed by atoms with van der Waals surface area (Å²) in [5.74, 6) is 0.0980. The molecule has 1 aromatic heterocycles. The molecule has 1 saturated heterocycles. The summed E-state index contributed by atoms with van der Waals surface area (Å²) >= 11 is 0. The number of hydrogen-bond donors (Lipinski definition) is 1. The number of benzene rings is 1. The van der Waals surface area contributed by atoms with Crippen molar-refractivity contribution in [2.75, 3.05) is 13.1 Å². The van der Waals surface area contributed by atoms with Crippen molar-refractivity contribution in [2.24, 2.45) is 5.73 Å². The number of hydrogen-bond acceptors (Lipinski definition) is 2. The first-order valence-corrected chi connectivity index (χ1v) is 7.79. The second-order valence-corrected chi connectivity index (χ2v) is 6.21. The Balaban J connectivity index is 0.00000192. The first kappa shape index (κ1) is 17.6. The molecule has 1 amide bonds. The molecule has 5 heteroatoms. The maximum absolute atomic E-state index is 12.8. The smallest absolute Gasteiger partial charge is 0.255 e. The molecule has 0 spiro atoms. The number of likely N-dealkylation sites (tertiary alicyclic amines) is 1. The van der Waals surface area contributed by atoms with Gasteiger partial charge < -0.3 is 15.2 Å². The van der Waals surface area contributed by atoms with Crippen LogP contribution >= 0.6 is 12.4 Å². The molecule has 3 rings (SSSR count). The molecule has 0 bridgehead atoms. The minimum Gasteiger partial charge on any atom is -0.337 e. The van der Waals surface area contributed by atoms with E-state index in [1.165, 1.54) is 5.56 Å². The van der Waals surface area contributed by atoms with Gasteiger partial charge in [0.25, 0.3) is 5.91 Å². The molecule has 2 N–H and O–H groups in total. The van der Waals surface area contributed by atoms with Gasteiger partial charge in [0.1, 0.15) is 0 Å². The van der Waals surface area contributed by atoms with E-state index >= 15 is 0 Å². The summed E-state index contributed by atoms with van der Waals surface area (Å²) in [7, 11) is 0. The summed E-state index contributed by atoms with van der Waals surface area (Å²) in [6.45, 7) is 7.57. The van der Waals surface area contributed by atoms with Crippen molar-refractivity contribution in [2.45, 2.75) is 33.2 Å². The molecule has 0 saturated carbocycles. The zero-order valence-electron chi connectivity index (χ0n) is 13.9. The van der Waals surface area contributed by atoms with Gasteiger partial charge in [-0.1, -0.05) is 18.2 Å². The van der Waals surface area contributed by atoms with Crippen molar-refractivity contribution in [1.82, 2.24) is 9.47 Å². The van der Waals surface area contributed by atoms with Crippen LogP contribution in [0.15, 0.2) is 30.3 Å². The van der Waals surface area contributed by atoms with Crippen LogP contribution in [0.4, 0.5) is 0 Å². The number of aromatic nitrogens is 1. The molecule has 2 heterocycles. The zero-order chi connectivity index (χ0) is 15.9. The molecule has 0 radical (unpaired) electrons. The summed E-state index contributed by atoms with van der Waals surface area (Å²) in [5, 5.41) is 0.